The van der Waals surface area contributed by atoms with Gasteiger partial charge < -0.3 is 5.11 Å². The lowest BCUT2D eigenvalue weighted by Gasteiger charge is -2.43. The van der Waals surface area contributed by atoms with Gasteiger partial charge in [-0.3, -0.25) is 0 Å². The molecule has 0 aromatic heterocycles. The molecule has 1 aliphatic carbocycles. The van der Waals surface area contributed by atoms with E-state index < -0.39 is 5.60 Å². The molecule has 0 radical (unpaired) electrons. The predicted molar refractivity (Wildman–Crippen MR) is 55.2 cm³/mol. The number of aliphatic hydroxyl groups is 1. The lowest BCUT2D eigenvalue weighted by atomic mass is 9.64. The second-order valence-corrected chi connectivity index (χ2v) is 5.23. The molecule has 0 amide bonds. The molecule has 0 saturated heterocycles. The topological polar surface area (TPSA) is 20.2 Å². The van der Waals surface area contributed by atoms with Crippen molar-refractivity contribution in [1.82, 2.24) is 0 Å². The quantitative estimate of drug-likeness (QED) is 0.568. The van der Waals surface area contributed by atoms with E-state index in [-0.39, 0.29) is 11.3 Å². The van der Waals surface area contributed by atoms with E-state index in [1.54, 1.807) is 0 Å². The van der Waals surface area contributed by atoms with Gasteiger partial charge in [0.25, 0.3) is 0 Å². The fourth-order valence-electron chi connectivity index (χ4n) is 2.48. The summed E-state index contributed by atoms with van der Waals surface area (Å²) in [5, 5.41) is 10.2. The minimum atomic E-state index is -0.851. The highest BCUT2D eigenvalue weighted by Crippen LogP contribution is 2.43. The lowest BCUT2D eigenvalue weighted by Crippen LogP contribution is -2.45. The van der Waals surface area contributed by atoms with Gasteiger partial charge in [0.15, 0.2) is 0 Å². The van der Waals surface area contributed by atoms with E-state index >= 15 is 0 Å². The van der Waals surface area contributed by atoms with Crippen LogP contribution in [0.5, 0.6) is 0 Å². The Labute approximate surface area is 81.5 Å². The Hall–Kier alpha value is -0.480. The number of hydrogen-bond donors (Lipinski definition) is 1. The lowest BCUT2D eigenvalue weighted by molar-refractivity contribution is -0.0445. The number of hydrogen-bond acceptors (Lipinski definition) is 1. The summed E-state index contributed by atoms with van der Waals surface area (Å²) in [6.07, 6.45) is 9.52. The van der Waals surface area contributed by atoms with Crippen molar-refractivity contribution in [2.75, 3.05) is 0 Å². The van der Waals surface area contributed by atoms with Gasteiger partial charge in [0.2, 0.25) is 0 Å². The average molecular weight is 180 g/mol. The van der Waals surface area contributed by atoms with Crippen molar-refractivity contribution in [3.8, 4) is 12.3 Å². The molecule has 1 N–H and O–H groups in total. The minimum absolute atomic E-state index is 0.113. The van der Waals surface area contributed by atoms with Crippen molar-refractivity contribution in [2.45, 2.75) is 52.1 Å². The van der Waals surface area contributed by atoms with Gasteiger partial charge in [-0.15, -0.1) is 6.42 Å². The molecule has 0 aromatic rings. The fourth-order valence-corrected chi connectivity index (χ4v) is 2.48. The molecule has 1 heteroatoms. The molecule has 0 spiro atoms. The first-order valence-electron chi connectivity index (χ1n) is 5.10. The molecule has 1 unspecified atom stereocenters. The highest BCUT2D eigenvalue weighted by molar-refractivity contribution is 5.13. The Kier molecular flexibility index (Phi) is 2.73. The fraction of sp³-hybridized carbons (Fsp3) is 0.833. The van der Waals surface area contributed by atoms with Crippen LogP contribution >= 0.6 is 0 Å². The van der Waals surface area contributed by atoms with Gasteiger partial charge in [0, 0.05) is 5.92 Å². The molecule has 0 heterocycles. The van der Waals surface area contributed by atoms with E-state index in [1.165, 1.54) is 6.42 Å². The Morgan fingerprint density at radius 3 is 2.38 bits per heavy atom. The zero-order valence-electron chi connectivity index (χ0n) is 8.93. The summed E-state index contributed by atoms with van der Waals surface area (Å²) in [5.74, 6) is 2.84. The van der Waals surface area contributed by atoms with Crippen molar-refractivity contribution in [2.24, 2.45) is 11.3 Å². The largest absolute Gasteiger partial charge is 0.377 e. The van der Waals surface area contributed by atoms with Crippen molar-refractivity contribution in [3.63, 3.8) is 0 Å². The van der Waals surface area contributed by atoms with Gasteiger partial charge in [0.05, 0.1) is 0 Å². The van der Waals surface area contributed by atoms with Gasteiger partial charge >= 0.3 is 0 Å². The van der Waals surface area contributed by atoms with Crippen LogP contribution in [-0.2, 0) is 0 Å². The molecular weight excluding hydrogens is 160 g/mol. The summed E-state index contributed by atoms with van der Waals surface area (Å²) in [7, 11) is 0. The van der Waals surface area contributed by atoms with Crippen molar-refractivity contribution >= 4 is 0 Å². The molecule has 1 nitrogen and oxygen atoms in total. The Balaban J connectivity index is 2.87. The smallest absolute Gasteiger partial charge is 0.128 e. The zero-order valence-corrected chi connectivity index (χ0v) is 8.93. The van der Waals surface area contributed by atoms with Gasteiger partial charge in [-0.25, -0.2) is 0 Å². The summed E-state index contributed by atoms with van der Waals surface area (Å²) in [6, 6.07) is 0. The van der Waals surface area contributed by atoms with Crippen LogP contribution in [0.4, 0.5) is 0 Å². The normalized spacial score (nSPS) is 35.5. The molecule has 0 bridgehead atoms. The van der Waals surface area contributed by atoms with Gasteiger partial charge in [0.1, 0.15) is 5.60 Å². The maximum atomic E-state index is 10.2. The Morgan fingerprint density at radius 1 is 1.38 bits per heavy atom. The van der Waals surface area contributed by atoms with Crippen LogP contribution in [0.2, 0.25) is 0 Å². The summed E-state index contributed by atoms with van der Waals surface area (Å²) < 4.78 is 0. The molecule has 13 heavy (non-hydrogen) atoms. The van der Waals surface area contributed by atoms with E-state index in [0.29, 0.717) is 0 Å². The molecule has 2 atom stereocenters. The molecule has 1 fully saturated rings. The van der Waals surface area contributed by atoms with Crippen molar-refractivity contribution in [1.29, 1.82) is 0 Å². The molecular formula is C12H20O. The third kappa shape index (κ3) is 2.06. The molecule has 1 aliphatic rings. The van der Waals surface area contributed by atoms with Crippen LogP contribution in [0.15, 0.2) is 0 Å². The van der Waals surface area contributed by atoms with E-state index in [0.717, 1.165) is 19.3 Å². The Morgan fingerprint density at radius 2 is 2.00 bits per heavy atom. The third-order valence-corrected chi connectivity index (χ3v) is 3.17. The van der Waals surface area contributed by atoms with Crippen molar-refractivity contribution < 1.29 is 5.11 Å². The maximum Gasteiger partial charge on any atom is 0.128 e. The first-order chi connectivity index (χ1) is 5.90. The van der Waals surface area contributed by atoms with Crippen LogP contribution in [0, 0.1) is 23.7 Å². The zero-order chi connectivity index (χ0) is 10.1. The Bertz CT molecular complexity index is 218. The van der Waals surface area contributed by atoms with E-state index in [4.69, 9.17) is 6.42 Å². The highest BCUT2D eigenvalue weighted by Gasteiger charge is 2.43. The monoisotopic (exact) mass is 180 g/mol. The number of terminal acetylenes is 1. The van der Waals surface area contributed by atoms with Crippen LogP contribution in [0.1, 0.15) is 46.5 Å². The minimum Gasteiger partial charge on any atom is -0.377 e. The number of rotatable bonds is 0. The SMILES string of the molecule is C#C[C@]1(O)CCCCC1C(C)(C)C. The molecule has 74 valence electrons. The first-order valence-corrected chi connectivity index (χ1v) is 5.10. The molecule has 0 aliphatic heterocycles. The summed E-state index contributed by atoms with van der Waals surface area (Å²) in [6.45, 7) is 6.47. The second kappa shape index (κ2) is 3.35. The highest BCUT2D eigenvalue weighted by atomic mass is 16.3. The van der Waals surface area contributed by atoms with Crippen LogP contribution in [0.25, 0.3) is 0 Å². The summed E-state index contributed by atoms with van der Waals surface area (Å²) in [4.78, 5) is 0. The maximum absolute atomic E-state index is 10.2. The molecule has 1 rings (SSSR count). The van der Waals surface area contributed by atoms with E-state index in [2.05, 4.69) is 26.7 Å². The van der Waals surface area contributed by atoms with Crippen LogP contribution < -0.4 is 0 Å². The van der Waals surface area contributed by atoms with Gasteiger partial charge in [-0.2, -0.15) is 0 Å². The summed E-state index contributed by atoms with van der Waals surface area (Å²) in [5.41, 5.74) is -0.738. The standard InChI is InChI=1S/C12H20O/c1-5-12(13)9-7-6-8-10(12)11(2,3)4/h1,10,13H,6-9H2,2-4H3/t10?,12-/m0/s1. The second-order valence-electron chi connectivity index (χ2n) is 5.23. The van der Waals surface area contributed by atoms with Crippen molar-refractivity contribution in [3.05, 3.63) is 0 Å². The predicted octanol–water partition coefficient (Wildman–Crippen LogP) is 2.59. The van der Waals surface area contributed by atoms with Crippen LogP contribution in [-0.4, -0.2) is 10.7 Å². The summed E-state index contributed by atoms with van der Waals surface area (Å²) >= 11 is 0. The first kappa shape index (κ1) is 10.6. The van der Waals surface area contributed by atoms with Gasteiger partial charge in [-0.05, 0) is 24.7 Å². The third-order valence-electron chi connectivity index (χ3n) is 3.17. The van der Waals surface area contributed by atoms with E-state index in [9.17, 15) is 5.11 Å². The van der Waals surface area contributed by atoms with E-state index in [1.807, 2.05) is 0 Å². The van der Waals surface area contributed by atoms with Gasteiger partial charge in [-0.1, -0.05) is 33.1 Å². The van der Waals surface area contributed by atoms with Crippen LogP contribution in [0.3, 0.4) is 0 Å². The average Bonchev–Trinajstić information content (AvgIpc) is 2.03. The molecule has 1 saturated carbocycles. The molecule has 0 aromatic carbocycles.